The molecule has 0 heterocycles. The Bertz CT molecular complexity index is 645. The predicted octanol–water partition coefficient (Wildman–Crippen LogP) is 1.10. The van der Waals surface area contributed by atoms with Gasteiger partial charge in [0.25, 0.3) is 5.69 Å². The summed E-state index contributed by atoms with van der Waals surface area (Å²) in [5.74, 6) is 0. The summed E-state index contributed by atoms with van der Waals surface area (Å²) in [7, 11) is -4.40. The van der Waals surface area contributed by atoms with Crippen LogP contribution in [0, 0.1) is 17.0 Å². The lowest BCUT2D eigenvalue weighted by atomic mass is 10.2. The van der Waals surface area contributed by atoms with Crippen molar-refractivity contribution in [2.75, 3.05) is 6.54 Å². The van der Waals surface area contributed by atoms with Crippen molar-refractivity contribution in [2.45, 2.75) is 24.1 Å². The van der Waals surface area contributed by atoms with Crippen molar-refractivity contribution in [1.29, 1.82) is 0 Å². The van der Waals surface area contributed by atoms with E-state index >= 15 is 0 Å². The van der Waals surface area contributed by atoms with Crippen LogP contribution in [-0.2, 0) is 10.0 Å². The molecule has 1 unspecified atom stereocenters. The fourth-order valence-electron chi connectivity index (χ4n) is 1.34. The second-order valence-corrected chi connectivity index (χ2v) is 5.88. The van der Waals surface area contributed by atoms with E-state index in [-0.39, 0.29) is 5.56 Å². The van der Waals surface area contributed by atoms with E-state index < -0.39 is 44.4 Å². The molecule has 0 saturated heterocycles. The summed E-state index contributed by atoms with van der Waals surface area (Å²) in [6, 6.07) is 2.91. The van der Waals surface area contributed by atoms with Crippen LogP contribution < -0.4 is 4.72 Å². The van der Waals surface area contributed by atoms with Gasteiger partial charge >= 0.3 is 6.18 Å². The second-order valence-electron chi connectivity index (χ2n) is 4.11. The van der Waals surface area contributed by atoms with Gasteiger partial charge in [-0.15, -0.1) is 0 Å². The minimum Gasteiger partial charge on any atom is -0.382 e. The van der Waals surface area contributed by atoms with E-state index in [1.54, 1.807) is 4.72 Å². The molecule has 21 heavy (non-hydrogen) atoms. The summed E-state index contributed by atoms with van der Waals surface area (Å²) in [6.45, 7) is 0.100. The average molecular weight is 328 g/mol. The lowest BCUT2D eigenvalue weighted by molar-refractivity contribution is -0.385. The zero-order chi connectivity index (χ0) is 16.4. The number of rotatable bonds is 5. The van der Waals surface area contributed by atoms with Gasteiger partial charge in [-0.2, -0.15) is 13.2 Å². The molecule has 1 rings (SSSR count). The third-order valence-corrected chi connectivity index (χ3v) is 3.95. The topological polar surface area (TPSA) is 110 Å². The normalized spacial score (nSPS) is 14.0. The van der Waals surface area contributed by atoms with Crippen LogP contribution in [0.4, 0.5) is 18.9 Å². The van der Waals surface area contributed by atoms with Gasteiger partial charge in [-0.3, -0.25) is 10.1 Å². The van der Waals surface area contributed by atoms with Crippen molar-refractivity contribution in [3.8, 4) is 0 Å². The molecule has 11 heteroatoms. The summed E-state index contributed by atoms with van der Waals surface area (Å²) < 4.78 is 61.2. The van der Waals surface area contributed by atoms with Crippen LogP contribution in [-0.4, -0.2) is 37.3 Å². The number of alkyl halides is 3. The molecule has 7 nitrogen and oxygen atoms in total. The summed E-state index contributed by atoms with van der Waals surface area (Å²) in [5, 5.41) is 19.4. The standard InChI is InChI=1S/C10H11F3N2O5S/c1-6-2-3-7(4-8(6)15(17)18)21(19,20)14-5-9(16)10(11,12)13/h2-4,9,14,16H,5H2,1H3. The molecule has 0 amide bonds. The quantitative estimate of drug-likeness (QED) is 0.621. The zero-order valence-electron chi connectivity index (χ0n) is 10.6. The van der Waals surface area contributed by atoms with Crippen molar-refractivity contribution in [2.24, 2.45) is 0 Å². The van der Waals surface area contributed by atoms with E-state index in [1.807, 2.05) is 0 Å². The molecule has 0 fully saturated rings. The van der Waals surface area contributed by atoms with Crippen LogP contribution >= 0.6 is 0 Å². The molecular formula is C10H11F3N2O5S. The first-order valence-electron chi connectivity index (χ1n) is 5.44. The first-order chi connectivity index (χ1) is 9.45. The fraction of sp³-hybridized carbons (Fsp3) is 0.400. The van der Waals surface area contributed by atoms with Gasteiger partial charge in [0.2, 0.25) is 10.0 Å². The molecule has 1 aromatic rings. The average Bonchev–Trinajstić information content (AvgIpc) is 2.34. The molecule has 0 aliphatic carbocycles. The number of nitrogens with zero attached hydrogens (tertiary/aromatic N) is 1. The summed E-state index contributed by atoms with van der Waals surface area (Å²) in [4.78, 5) is 9.33. The molecule has 0 aliphatic heterocycles. The van der Waals surface area contributed by atoms with E-state index in [0.717, 1.165) is 18.2 Å². The van der Waals surface area contributed by atoms with Gasteiger partial charge in [0.15, 0.2) is 6.10 Å². The molecule has 0 aromatic heterocycles. The Labute approximate surface area is 117 Å². The maximum absolute atomic E-state index is 12.1. The third-order valence-electron chi connectivity index (χ3n) is 2.53. The molecular weight excluding hydrogens is 317 g/mol. The number of nitro groups is 1. The van der Waals surface area contributed by atoms with Crippen LogP contribution in [0.2, 0.25) is 0 Å². The van der Waals surface area contributed by atoms with Crippen molar-refractivity contribution in [1.82, 2.24) is 4.72 Å². The maximum atomic E-state index is 12.1. The number of sulfonamides is 1. The predicted molar refractivity (Wildman–Crippen MR) is 65.1 cm³/mol. The van der Waals surface area contributed by atoms with Crippen LogP contribution in [0.5, 0.6) is 0 Å². The number of nitrogens with one attached hydrogen (secondary N) is 1. The Kier molecular flexibility index (Phi) is 4.91. The number of aliphatic hydroxyl groups excluding tert-OH is 1. The molecule has 118 valence electrons. The van der Waals surface area contributed by atoms with E-state index in [4.69, 9.17) is 5.11 Å². The highest BCUT2D eigenvalue weighted by molar-refractivity contribution is 7.89. The van der Waals surface area contributed by atoms with E-state index in [9.17, 15) is 31.7 Å². The molecule has 1 atom stereocenters. The van der Waals surface area contributed by atoms with Crippen LogP contribution in [0.3, 0.4) is 0 Å². The molecule has 0 bridgehead atoms. The highest BCUT2D eigenvalue weighted by atomic mass is 32.2. The smallest absolute Gasteiger partial charge is 0.382 e. The third kappa shape index (κ3) is 4.37. The van der Waals surface area contributed by atoms with Gasteiger partial charge < -0.3 is 5.11 Å². The lowest BCUT2D eigenvalue weighted by Gasteiger charge is -2.15. The van der Waals surface area contributed by atoms with Crippen LogP contribution in [0.1, 0.15) is 5.56 Å². The van der Waals surface area contributed by atoms with Gasteiger partial charge in [-0.25, -0.2) is 13.1 Å². The molecule has 0 aliphatic rings. The Hall–Kier alpha value is -1.72. The van der Waals surface area contributed by atoms with Gasteiger partial charge in [-0.1, -0.05) is 6.07 Å². The van der Waals surface area contributed by atoms with E-state index in [2.05, 4.69) is 0 Å². The van der Waals surface area contributed by atoms with Crippen molar-refractivity contribution in [3.63, 3.8) is 0 Å². The first kappa shape index (κ1) is 17.3. The molecule has 0 radical (unpaired) electrons. The maximum Gasteiger partial charge on any atom is 0.415 e. The van der Waals surface area contributed by atoms with Gasteiger partial charge in [0.1, 0.15) is 0 Å². The van der Waals surface area contributed by atoms with Gasteiger partial charge in [-0.05, 0) is 13.0 Å². The Morgan fingerprint density at radius 3 is 2.48 bits per heavy atom. The zero-order valence-corrected chi connectivity index (χ0v) is 11.4. The number of benzene rings is 1. The minimum atomic E-state index is -4.97. The Balaban J connectivity index is 2.99. The minimum absolute atomic E-state index is 0.203. The number of aryl methyl sites for hydroxylation is 1. The number of hydrogen-bond donors (Lipinski definition) is 2. The lowest BCUT2D eigenvalue weighted by Crippen LogP contribution is -2.40. The number of nitro benzene ring substituents is 1. The molecule has 0 spiro atoms. The van der Waals surface area contributed by atoms with Crippen molar-refractivity contribution >= 4 is 15.7 Å². The highest BCUT2D eigenvalue weighted by Gasteiger charge is 2.38. The first-order valence-corrected chi connectivity index (χ1v) is 6.93. The van der Waals surface area contributed by atoms with Crippen LogP contribution in [0.15, 0.2) is 23.1 Å². The molecule has 0 saturated carbocycles. The molecule has 2 N–H and O–H groups in total. The summed E-state index contributed by atoms with van der Waals surface area (Å²) >= 11 is 0. The van der Waals surface area contributed by atoms with E-state index in [1.165, 1.54) is 6.92 Å². The van der Waals surface area contributed by atoms with Crippen molar-refractivity contribution in [3.05, 3.63) is 33.9 Å². The summed E-state index contributed by atoms with van der Waals surface area (Å²) in [6.07, 6.45) is -7.84. The number of aliphatic hydroxyl groups is 1. The van der Waals surface area contributed by atoms with E-state index in [0.29, 0.717) is 0 Å². The number of halogens is 3. The highest BCUT2D eigenvalue weighted by Crippen LogP contribution is 2.23. The van der Waals surface area contributed by atoms with Gasteiger partial charge in [0, 0.05) is 18.2 Å². The van der Waals surface area contributed by atoms with Crippen molar-refractivity contribution < 1.29 is 31.6 Å². The fourth-order valence-corrected chi connectivity index (χ4v) is 2.40. The monoisotopic (exact) mass is 328 g/mol. The second kappa shape index (κ2) is 5.95. The largest absolute Gasteiger partial charge is 0.415 e. The summed E-state index contributed by atoms with van der Waals surface area (Å²) in [5.41, 5.74) is -0.275. The molecule has 1 aromatic carbocycles. The van der Waals surface area contributed by atoms with Gasteiger partial charge in [0.05, 0.1) is 9.82 Å². The van der Waals surface area contributed by atoms with Crippen LogP contribution in [0.25, 0.3) is 0 Å². The Morgan fingerprint density at radius 2 is 2.00 bits per heavy atom. The number of hydrogen-bond acceptors (Lipinski definition) is 5. The SMILES string of the molecule is Cc1ccc(S(=O)(=O)NCC(O)C(F)(F)F)cc1[N+](=O)[O-]. The Morgan fingerprint density at radius 1 is 1.43 bits per heavy atom.